The number of hydrogen-bond acceptors (Lipinski definition) is 18. The molecule has 0 bridgehead atoms. The van der Waals surface area contributed by atoms with E-state index in [4.69, 9.17) is 11.5 Å². The molecular weight excluding hydrogens is 771 g/mol. The molecule has 0 amide bonds. The Labute approximate surface area is 319 Å². The van der Waals surface area contributed by atoms with Crippen molar-refractivity contribution in [2.45, 2.75) is 24.1 Å². The Morgan fingerprint density at radius 1 is 0.571 bits per heavy atom. The highest BCUT2D eigenvalue weighted by molar-refractivity contribution is 8.19. The number of aryl methyl sites for hydroxylation is 1. The standard InChI is InChI=1S/C34H29N9O10S2.CH4/c1-14-41-33(39-12-37-19-10-21(54(48,49)50)27(35)25-23(19)29(44)15-6-2-4-8-17(15)31(25)46)43-34(42-14)40-13-38-20-11-22(55(51,52)53)28(36)26-24(20)30(45)16-7-3-5-9-18(16)32(26)47;/h2-11,37-38,48-50H,12-13,35-36H2,1H3,(H,51,52,53)(H2,39,40,41,42,43);1H4. The zero-order chi connectivity index (χ0) is 39.6. The lowest BCUT2D eigenvalue weighted by Gasteiger charge is -2.28. The van der Waals surface area contributed by atoms with Crippen LogP contribution in [0.4, 0.5) is 34.6 Å². The fourth-order valence-corrected chi connectivity index (χ4v) is 7.70. The molecule has 21 heteroatoms. The second kappa shape index (κ2) is 14.3. The highest BCUT2D eigenvalue weighted by Gasteiger charge is 2.38. The zero-order valence-electron chi connectivity index (χ0n) is 28.2. The van der Waals surface area contributed by atoms with Gasteiger partial charge in [0.05, 0.1) is 51.9 Å². The second-order valence-electron chi connectivity index (χ2n) is 12.2. The summed E-state index contributed by atoms with van der Waals surface area (Å²) in [5.41, 5.74) is 10.1. The minimum atomic E-state index is -4.93. The van der Waals surface area contributed by atoms with Crippen LogP contribution in [0.25, 0.3) is 0 Å². The van der Waals surface area contributed by atoms with Crippen LogP contribution < -0.4 is 32.7 Å². The van der Waals surface area contributed by atoms with Crippen molar-refractivity contribution in [3.05, 3.63) is 111 Å². The van der Waals surface area contributed by atoms with Crippen LogP contribution in [-0.2, 0) is 10.1 Å². The molecule has 0 aliphatic heterocycles. The highest BCUT2D eigenvalue weighted by Crippen LogP contribution is 2.51. The van der Waals surface area contributed by atoms with E-state index in [1.165, 1.54) is 30.3 Å². The van der Waals surface area contributed by atoms with E-state index >= 15 is 0 Å². The summed E-state index contributed by atoms with van der Waals surface area (Å²) in [4.78, 5) is 65.4. The predicted octanol–water partition coefficient (Wildman–Crippen LogP) is 4.32. The third-order valence-corrected chi connectivity index (χ3v) is 10.6. The molecule has 0 saturated carbocycles. The summed E-state index contributed by atoms with van der Waals surface area (Å²) in [6.45, 7) is 1.07. The molecule has 4 aromatic carbocycles. The summed E-state index contributed by atoms with van der Waals surface area (Å²) >= 11 is 0. The maximum Gasteiger partial charge on any atom is 0.296 e. The minimum Gasteiger partial charge on any atom is -0.397 e. The first-order valence-corrected chi connectivity index (χ1v) is 18.9. The number of nitrogens with two attached hydrogens (primary N) is 2. The lowest BCUT2D eigenvalue weighted by Crippen LogP contribution is -2.26. The summed E-state index contributed by atoms with van der Waals surface area (Å²) in [5, 5.41) is 11.4. The van der Waals surface area contributed by atoms with E-state index in [1.54, 1.807) is 25.1 Å². The number of nitrogens with one attached hydrogen (secondary N) is 4. The predicted molar refractivity (Wildman–Crippen MR) is 207 cm³/mol. The SMILES string of the molecule is C.Cc1nc(NCNc2cc(S(O)(O)O)c(N)c3c2C(=O)c2ccccc2C3=O)nc(NCNc2cc(S(=O)(=O)O)c(N)c3c2C(=O)c2ccccc2C3=O)n1. The number of fused-ring (bicyclic) bond motifs is 4. The van der Waals surface area contributed by atoms with Gasteiger partial charge in [-0.25, -0.2) is 0 Å². The van der Waals surface area contributed by atoms with Gasteiger partial charge in [0, 0.05) is 33.6 Å². The van der Waals surface area contributed by atoms with Crippen molar-refractivity contribution in [3.8, 4) is 0 Å². The van der Waals surface area contributed by atoms with E-state index in [9.17, 15) is 45.8 Å². The molecule has 0 radical (unpaired) electrons. The fraction of sp³-hybridized carbons (Fsp3) is 0.114. The molecule has 0 saturated heterocycles. The van der Waals surface area contributed by atoms with E-state index in [0.717, 1.165) is 12.1 Å². The number of nitrogens with zero attached hydrogens (tertiary/aromatic N) is 3. The average molecular weight is 804 g/mol. The number of carbonyl (C=O) groups excluding carboxylic acids is 4. The normalized spacial score (nSPS) is 13.4. The molecule has 7 rings (SSSR count). The van der Waals surface area contributed by atoms with Crippen molar-refractivity contribution in [1.29, 1.82) is 0 Å². The molecule has 12 N–H and O–H groups in total. The van der Waals surface area contributed by atoms with Crippen LogP contribution >= 0.6 is 10.9 Å². The maximum absolute atomic E-state index is 13.6. The Hall–Kier alpha value is -6.49. The number of carbonyl (C=O) groups is 4. The molecule has 19 nitrogen and oxygen atoms in total. The van der Waals surface area contributed by atoms with E-state index < -0.39 is 65.3 Å². The van der Waals surface area contributed by atoms with Gasteiger partial charge >= 0.3 is 0 Å². The zero-order valence-corrected chi connectivity index (χ0v) is 29.9. The van der Waals surface area contributed by atoms with Crippen LogP contribution in [0.2, 0.25) is 0 Å². The van der Waals surface area contributed by atoms with Crippen molar-refractivity contribution in [2.24, 2.45) is 0 Å². The Balaban J connectivity index is 0.00000532. The van der Waals surface area contributed by atoms with Gasteiger partial charge in [-0.2, -0.15) is 23.4 Å². The lowest BCUT2D eigenvalue weighted by atomic mass is 9.82. The second-order valence-corrected chi connectivity index (χ2v) is 15.0. The Kier molecular flexibility index (Phi) is 10.0. The first-order valence-electron chi connectivity index (χ1n) is 15.9. The summed E-state index contributed by atoms with van der Waals surface area (Å²) in [7, 11) is -9.38. The van der Waals surface area contributed by atoms with Gasteiger partial charge in [0.1, 0.15) is 21.6 Å². The van der Waals surface area contributed by atoms with E-state index in [-0.39, 0.29) is 94.4 Å². The maximum atomic E-state index is 13.6. The van der Waals surface area contributed by atoms with Gasteiger partial charge in [-0.3, -0.25) is 23.7 Å². The monoisotopic (exact) mass is 803 g/mol. The number of hydrogen-bond donors (Lipinski definition) is 10. The molecule has 0 fully saturated rings. The summed E-state index contributed by atoms with van der Waals surface area (Å²) < 4.78 is 64.6. The smallest absolute Gasteiger partial charge is 0.296 e. The van der Waals surface area contributed by atoms with Crippen molar-refractivity contribution in [3.63, 3.8) is 0 Å². The van der Waals surface area contributed by atoms with Gasteiger partial charge in [0.15, 0.2) is 23.1 Å². The molecule has 0 atom stereocenters. The molecule has 5 aromatic rings. The molecule has 290 valence electrons. The molecule has 2 aliphatic rings. The third-order valence-electron chi connectivity index (χ3n) is 8.77. The molecule has 1 heterocycles. The Morgan fingerprint density at radius 2 is 0.929 bits per heavy atom. The van der Waals surface area contributed by atoms with Crippen LogP contribution in [-0.4, -0.2) is 78.1 Å². The van der Waals surface area contributed by atoms with Crippen molar-refractivity contribution < 1.29 is 45.8 Å². The fourth-order valence-electron chi connectivity index (χ4n) is 6.38. The van der Waals surface area contributed by atoms with Gasteiger partial charge in [-0.15, -0.1) is 0 Å². The summed E-state index contributed by atoms with van der Waals surface area (Å²) in [5.74, 6) is -2.36. The van der Waals surface area contributed by atoms with Gasteiger partial charge in [0.2, 0.25) is 11.9 Å². The van der Waals surface area contributed by atoms with Crippen LogP contribution in [0.15, 0.2) is 70.5 Å². The van der Waals surface area contributed by atoms with E-state index in [0.29, 0.717) is 0 Å². The molecular formula is C35H33N9O10S2. The van der Waals surface area contributed by atoms with Crippen LogP contribution in [0.1, 0.15) is 76.9 Å². The lowest BCUT2D eigenvalue weighted by molar-refractivity contribution is 0.0980. The number of aromatic nitrogens is 3. The van der Waals surface area contributed by atoms with Crippen molar-refractivity contribution in [1.82, 2.24) is 15.0 Å². The van der Waals surface area contributed by atoms with Crippen molar-refractivity contribution >= 4 is 78.8 Å². The molecule has 1 aromatic heterocycles. The molecule has 0 unspecified atom stereocenters. The Morgan fingerprint density at radius 3 is 1.30 bits per heavy atom. The van der Waals surface area contributed by atoms with Crippen LogP contribution in [0.3, 0.4) is 0 Å². The van der Waals surface area contributed by atoms with E-state index in [2.05, 4.69) is 36.2 Å². The van der Waals surface area contributed by atoms with Crippen LogP contribution in [0, 0.1) is 6.92 Å². The van der Waals surface area contributed by atoms with Gasteiger partial charge in [0.25, 0.3) is 10.1 Å². The first-order chi connectivity index (χ1) is 26.0. The van der Waals surface area contributed by atoms with Gasteiger partial charge in [-0.05, 0) is 19.1 Å². The number of benzene rings is 4. The first kappa shape index (κ1) is 39.2. The number of ketones is 4. The molecule has 0 spiro atoms. The molecule has 2 aliphatic carbocycles. The summed E-state index contributed by atoms with van der Waals surface area (Å²) in [6.07, 6.45) is 0. The van der Waals surface area contributed by atoms with Gasteiger partial charge in [-0.1, -0.05) is 56.0 Å². The number of nitrogen functional groups attached to an aromatic ring is 2. The minimum absolute atomic E-state index is 0. The Bertz CT molecular complexity index is 2650. The van der Waals surface area contributed by atoms with E-state index in [1.807, 2.05) is 0 Å². The van der Waals surface area contributed by atoms with Crippen molar-refractivity contribution in [2.75, 3.05) is 46.1 Å². The summed E-state index contributed by atoms with van der Waals surface area (Å²) in [6, 6.07) is 14.0. The average Bonchev–Trinajstić information content (AvgIpc) is 3.12. The third kappa shape index (κ3) is 6.74. The quantitative estimate of drug-likeness (QED) is 0.0522. The number of rotatable bonds is 10. The number of anilines is 6. The topological polar surface area (TPSA) is 322 Å². The largest absolute Gasteiger partial charge is 0.397 e. The highest BCUT2D eigenvalue weighted by atomic mass is 32.3. The molecule has 56 heavy (non-hydrogen) atoms. The van der Waals surface area contributed by atoms with Gasteiger partial charge < -0.3 is 46.4 Å². The van der Waals surface area contributed by atoms with Crippen LogP contribution in [0.5, 0.6) is 0 Å².